The van der Waals surface area contributed by atoms with Gasteiger partial charge in [0.15, 0.2) is 0 Å². The molecule has 1 amide bonds. The van der Waals surface area contributed by atoms with Crippen LogP contribution in [0.3, 0.4) is 0 Å². The SMILES string of the molecule is C[C@@H]1CN([C@H](C)CO)S(=O)(=O)c2ccc(C#CC(C)(C)O)cc2O[C@H]1CN(C)C(=O)C1CC1. The van der Waals surface area contributed by atoms with Gasteiger partial charge in [0, 0.05) is 37.0 Å². The van der Waals surface area contributed by atoms with Crippen molar-refractivity contribution in [3.8, 4) is 17.6 Å². The summed E-state index contributed by atoms with van der Waals surface area (Å²) in [6.45, 7) is 6.82. The molecule has 8 nitrogen and oxygen atoms in total. The van der Waals surface area contributed by atoms with E-state index in [-0.39, 0.29) is 41.5 Å². The highest BCUT2D eigenvalue weighted by Crippen LogP contribution is 2.35. The molecule has 1 heterocycles. The molecular weight excluding hydrogens is 444 g/mol. The van der Waals surface area contributed by atoms with E-state index in [0.29, 0.717) is 12.1 Å². The van der Waals surface area contributed by atoms with Crippen LogP contribution in [-0.2, 0) is 14.8 Å². The fraction of sp³-hybridized carbons (Fsp3) is 0.625. The molecule has 3 rings (SSSR count). The molecular formula is C24H34N2O6S. The summed E-state index contributed by atoms with van der Waals surface area (Å²) < 4.78 is 34.5. The number of hydrogen-bond acceptors (Lipinski definition) is 6. The monoisotopic (exact) mass is 478 g/mol. The van der Waals surface area contributed by atoms with Gasteiger partial charge in [-0.15, -0.1) is 0 Å². The third-order valence-corrected chi connectivity index (χ3v) is 7.96. The van der Waals surface area contributed by atoms with Crippen LogP contribution < -0.4 is 4.74 Å². The van der Waals surface area contributed by atoms with E-state index >= 15 is 0 Å². The van der Waals surface area contributed by atoms with Gasteiger partial charge in [0.25, 0.3) is 0 Å². The second kappa shape index (κ2) is 9.63. The first-order valence-electron chi connectivity index (χ1n) is 11.3. The standard InChI is InChI=1S/C24H34N2O6S/c1-16-13-26(17(2)15-27)33(30,31)22-9-6-18(10-11-24(3,4)29)12-20(22)32-21(16)14-25(5)23(28)19-7-8-19/h6,9,12,16-17,19,21,27,29H,7-8,13-15H2,1-5H3/t16-,17-,21+/m1/s1. The van der Waals surface area contributed by atoms with Gasteiger partial charge in [-0.3, -0.25) is 4.79 Å². The van der Waals surface area contributed by atoms with Crippen LogP contribution in [0.2, 0.25) is 0 Å². The van der Waals surface area contributed by atoms with E-state index in [1.54, 1.807) is 44.9 Å². The quantitative estimate of drug-likeness (QED) is 0.621. The zero-order valence-corrected chi connectivity index (χ0v) is 20.7. The van der Waals surface area contributed by atoms with Crippen molar-refractivity contribution in [1.82, 2.24) is 9.21 Å². The van der Waals surface area contributed by atoms with Crippen molar-refractivity contribution >= 4 is 15.9 Å². The zero-order chi connectivity index (χ0) is 24.6. The van der Waals surface area contributed by atoms with Gasteiger partial charge in [0.05, 0.1) is 13.2 Å². The van der Waals surface area contributed by atoms with E-state index in [0.717, 1.165) is 12.8 Å². The number of nitrogens with zero attached hydrogens (tertiary/aromatic N) is 2. The van der Waals surface area contributed by atoms with Gasteiger partial charge in [-0.2, -0.15) is 4.31 Å². The van der Waals surface area contributed by atoms with Gasteiger partial charge in [-0.25, -0.2) is 8.42 Å². The molecule has 33 heavy (non-hydrogen) atoms. The predicted octanol–water partition coefficient (Wildman–Crippen LogP) is 1.45. The maximum absolute atomic E-state index is 13.5. The fourth-order valence-electron chi connectivity index (χ4n) is 3.75. The van der Waals surface area contributed by atoms with Crippen LogP contribution in [0.4, 0.5) is 0 Å². The van der Waals surface area contributed by atoms with E-state index < -0.39 is 27.8 Å². The first-order chi connectivity index (χ1) is 15.3. The smallest absolute Gasteiger partial charge is 0.247 e. The summed E-state index contributed by atoms with van der Waals surface area (Å²) in [5, 5.41) is 19.6. The molecule has 0 aromatic heterocycles. The lowest BCUT2D eigenvalue weighted by atomic mass is 10.0. The van der Waals surface area contributed by atoms with Crippen LogP contribution in [0.15, 0.2) is 23.1 Å². The van der Waals surface area contributed by atoms with Crippen molar-refractivity contribution in [2.45, 2.75) is 63.2 Å². The molecule has 3 atom stereocenters. The summed E-state index contributed by atoms with van der Waals surface area (Å²) in [6.07, 6.45) is 1.34. The molecule has 1 saturated carbocycles. The van der Waals surface area contributed by atoms with Crippen LogP contribution in [0.5, 0.6) is 5.75 Å². The van der Waals surface area contributed by atoms with Gasteiger partial charge in [-0.05, 0) is 51.8 Å². The van der Waals surface area contributed by atoms with Crippen LogP contribution in [0, 0.1) is 23.7 Å². The maximum Gasteiger partial charge on any atom is 0.247 e. The van der Waals surface area contributed by atoms with Gasteiger partial charge < -0.3 is 19.8 Å². The largest absolute Gasteiger partial charge is 0.487 e. The van der Waals surface area contributed by atoms with E-state index in [2.05, 4.69) is 11.8 Å². The van der Waals surface area contributed by atoms with Crippen molar-refractivity contribution < 1.29 is 28.2 Å². The van der Waals surface area contributed by atoms with Gasteiger partial charge in [-0.1, -0.05) is 18.8 Å². The summed E-state index contributed by atoms with van der Waals surface area (Å²) in [6, 6.07) is 3.96. The first kappa shape index (κ1) is 25.5. The number of carbonyl (C=O) groups excluding carboxylic acids is 1. The number of benzene rings is 1. The van der Waals surface area contributed by atoms with E-state index in [9.17, 15) is 23.4 Å². The normalized spacial score (nSPS) is 23.7. The maximum atomic E-state index is 13.5. The Morgan fingerprint density at radius 3 is 2.61 bits per heavy atom. The molecule has 1 aromatic carbocycles. The average molecular weight is 479 g/mol. The minimum absolute atomic E-state index is 0.00955. The second-order valence-corrected chi connectivity index (χ2v) is 11.6. The van der Waals surface area contributed by atoms with Gasteiger partial charge >= 0.3 is 0 Å². The third-order valence-electron chi connectivity index (χ3n) is 5.94. The van der Waals surface area contributed by atoms with E-state index in [1.807, 2.05) is 6.92 Å². The molecule has 182 valence electrons. The highest BCUT2D eigenvalue weighted by molar-refractivity contribution is 7.89. The Bertz CT molecular complexity index is 1050. The molecule has 2 aliphatic rings. The molecule has 1 aliphatic heterocycles. The number of ether oxygens (including phenoxy) is 1. The Morgan fingerprint density at radius 2 is 2.03 bits per heavy atom. The minimum Gasteiger partial charge on any atom is -0.487 e. The summed E-state index contributed by atoms with van der Waals surface area (Å²) in [4.78, 5) is 14.2. The average Bonchev–Trinajstić information content (AvgIpc) is 3.58. The van der Waals surface area contributed by atoms with Crippen molar-refractivity contribution in [2.75, 3.05) is 26.7 Å². The predicted molar refractivity (Wildman–Crippen MR) is 124 cm³/mol. The van der Waals surface area contributed by atoms with E-state index in [4.69, 9.17) is 4.74 Å². The number of sulfonamides is 1. The summed E-state index contributed by atoms with van der Waals surface area (Å²) in [5.74, 6) is 5.63. The number of carbonyl (C=O) groups is 1. The molecule has 9 heteroatoms. The Morgan fingerprint density at radius 1 is 1.36 bits per heavy atom. The molecule has 0 bridgehead atoms. The van der Waals surface area contributed by atoms with Crippen LogP contribution in [-0.4, -0.2) is 78.2 Å². The number of aliphatic hydroxyl groups is 2. The lowest BCUT2D eigenvalue weighted by Gasteiger charge is -2.37. The third kappa shape index (κ3) is 6.07. The number of fused-ring (bicyclic) bond motifs is 1. The molecule has 2 N–H and O–H groups in total. The Labute approximate surface area is 196 Å². The lowest BCUT2D eigenvalue weighted by Crippen LogP contribution is -2.50. The van der Waals surface area contributed by atoms with Gasteiger partial charge in [0.1, 0.15) is 22.4 Å². The number of aliphatic hydroxyl groups excluding tert-OH is 1. The molecule has 1 aromatic rings. The molecule has 0 saturated heterocycles. The van der Waals surface area contributed by atoms with Crippen molar-refractivity contribution in [1.29, 1.82) is 0 Å². The minimum atomic E-state index is -3.95. The highest BCUT2D eigenvalue weighted by atomic mass is 32.2. The van der Waals surface area contributed by atoms with Gasteiger partial charge in [0.2, 0.25) is 15.9 Å². The Hall–Kier alpha value is -2.12. The molecule has 0 spiro atoms. The Kier molecular flexibility index (Phi) is 7.44. The summed E-state index contributed by atoms with van der Waals surface area (Å²) >= 11 is 0. The van der Waals surface area contributed by atoms with Crippen LogP contribution >= 0.6 is 0 Å². The number of hydrogen-bond donors (Lipinski definition) is 2. The molecule has 1 fully saturated rings. The van der Waals surface area contributed by atoms with Crippen LogP contribution in [0.25, 0.3) is 0 Å². The topological polar surface area (TPSA) is 107 Å². The highest BCUT2D eigenvalue weighted by Gasteiger charge is 2.39. The van der Waals surface area contributed by atoms with Crippen LogP contribution in [0.1, 0.15) is 46.1 Å². The summed E-state index contributed by atoms with van der Waals surface area (Å²) in [7, 11) is -2.21. The zero-order valence-electron chi connectivity index (χ0n) is 19.9. The molecule has 1 aliphatic carbocycles. The fourth-order valence-corrected chi connectivity index (χ4v) is 5.57. The Balaban J connectivity index is 2.04. The lowest BCUT2D eigenvalue weighted by molar-refractivity contribution is -0.132. The number of rotatable bonds is 5. The molecule has 0 radical (unpaired) electrons. The number of likely N-dealkylation sites (N-methyl/N-ethyl adjacent to an activating group) is 1. The molecule has 0 unspecified atom stereocenters. The summed E-state index contributed by atoms with van der Waals surface area (Å²) in [5.41, 5.74) is -0.699. The van der Waals surface area contributed by atoms with Crippen molar-refractivity contribution in [2.24, 2.45) is 11.8 Å². The van der Waals surface area contributed by atoms with E-state index in [1.165, 1.54) is 10.4 Å². The first-order valence-corrected chi connectivity index (χ1v) is 12.7. The van der Waals surface area contributed by atoms with Crippen molar-refractivity contribution in [3.63, 3.8) is 0 Å². The number of amides is 1. The van der Waals surface area contributed by atoms with Crippen molar-refractivity contribution in [3.05, 3.63) is 23.8 Å². The second-order valence-electron chi connectivity index (χ2n) is 9.70.